The van der Waals surface area contributed by atoms with Crippen LogP contribution in [0.5, 0.6) is 0 Å². The maximum absolute atomic E-state index is 2.56. The molecule has 0 N–H and O–H groups in total. The van der Waals surface area contributed by atoms with Crippen molar-refractivity contribution < 1.29 is 0 Å². The van der Waals surface area contributed by atoms with E-state index in [1.165, 1.54) is 44.9 Å². The minimum absolute atomic E-state index is 0.886. The first-order chi connectivity index (χ1) is 7.54. The minimum atomic E-state index is -0.926. The summed E-state index contributed by atoms with van der Waals surface area (Å²) < 4.78 is 0. The Morgan fingerprint density at radius 1 is 1.06 bits per heavy atom. The lowest BCUT2D eigenvalue weighted by Gasteiger charge is -2.33. The molecule has 0 amide bonds. The van der Waals surface area contributed by atoms with Crippen LogP contribution in [-0.2, 0) is 0 Å². The molecule has 0 saturated heterocycles. The Labute approximate surface area is 104 Å². The maximum Gasteiger partial charge on any atom is 0.0474 e. The summed E-state index contributed by atoms with van der Waals surface area (Å²) in [5, 5.41) is 0. The second-order valence-corrected chi connectivity index (χ2v) is 12.1. The highest BCUT2D eigenvalue weighted by Crippen LogP contribution is 2.37. The molecule has 1 heteroatoms. The lowest BCUT2D eigenvalue weighted by atomic mass is 9.90. The molecule has 0 heterocycles. The van der Waals surface area contributed by atoms with Crippen molar-refractivity contribution in [3.63, 3.8) is 0 Å². The van der Waals surface area contributed by atoms with E-state index >= 15 is 0 Å². The molecule has 0 spiro atoms. The van der Waals surface area contributed by atoms with Crippen molar-refractivity contribution in [3.8, 4) is 0 Å². The average Bonchev–Trinajstić information content (AvgIpc) is 2.14. The van der Waals surface area contributed by atoms with Gasteiger partial charge in [-0.2, -0.15) is 0 Å². The third-order valence-corrected chi connectivity index (χ3v) is 7.06. The molecule has 1 saturated carbocycles. The zero-order valence-corrected chi connectivity index (χ0v) is 12.8. The van der Waals surface area contributed by atoms with Crippen molar-refractivity contribution in [3.05, 3.63) is 12.2 Å². The van der Waals surface area contributed by atoms with Crippen LogP contribution in [0.2, 0.25) is 25.2 Å². The van der Waals surface area contributed by atoms with E-state index in [0.717, 1.165) is 11.5 Å². The van der Waals surface area contributed by atoms with Gasteiger partial charge in [-0.25, -0.2) is 0 Å². The van der Waals surface area contributed by atoms with Gasteiger partial charge in [0.1, 0.15) is 0 Å². The molecule has 0 bridgehead atoms. The van der Waals surface area contributed by atoms with E-state index in [2.05, 4.69) is 38.7 Å². The van der Waals surface area contributed by atoms with Crippen LogP contribution in [0.25, 0.3) is 0 Å². The molecule has 1 rings (SSSR count). The van der Waals surface area contributed by atoms with Gasteiger partial charge in [-0.1, -0.05) is 64.4 Å². The maximum atomic E-state index is 2.56. The van der Waals surface area contributed by atoms with Gasteiger partial charge in [0.15, 0.2) is 0 Å². The summed E-state index contributed by atoms with van der Waals surface area (Å²) in [4.78, 5) is 0. The predicted octanol–water partition coefficient (Wildman–Crippen LogP) is 5.63. The van der Waals surface area contributed by atoms with Crippen molar-refractivity contribution in [2.24, 2.45) is 5.92 Å². The zero-order valence-electron chi connectivity index (χ0n) is 11.8. The average molecular weight is 238 g/mol. The molecule has 0 aliphatic heterocycles. The largest absolute Gasteiger partial charge is 0.0885 e. The smallest absolute Gasteiger partial charge is 0.0474 e. The molecule has 0 aromatic heterocycles. The summed E-state index contributed by atoms with van der Waals surface area (Å²) in [5.41, 5.74) is 1.05. The van der Waals surface area contributed by atoms with Crippen LogP contribution in [0.4, 0.5) is 0 Å². The van der Waals surface area contributed by atoms with Gasteiger partial charge in [0.25, 0.3) is 0 Å². The monoisotopic (exact) mass is 238 g/mol. The summed E-state index contributed by atoms with van der Waals surface area (Å²) in [6.45, 7) is 9.91. The van der Waals surface area contributed by atoms with Crippen molar-refractivity contribution in [2.45, 2.75) is 77.1 Å². The fraction of sp³-hybridized carbons (Fsp3) is 0.867. The topological polar surface area (TPSA) is 0 Å². The molecule has 1 aliphatic carbocycles. The Kier molecular flexibility index (Phi) is 5.81. The van der Waals surface area contributed by atoms with E-state index < -0.39 is 8.07 Å². The number of allylic oxidation sites excluding steroid dienone is 2. The lowest BCUT2D eigenvalue weighted by molar-refractivity contribution is 0.428. The van der Waals surface area contributed by atoms with E-state index in [1.54, 1.807) is 0 Å². The van der Waals surface area contributed by atoms with E-state index in [4.69, 9.17) is 0 Å². The van der Waals surface area contributed by atoms with E-state index in [9.17, 15) is 0 Å². The Hall–Kier alpha value is -0.0431. The first kappa shape index (κ1) is 14.0. The van der Waals surface area contributed by atoms with Gasteiger partial charge in [-0.05, 0) is 30.7 Å². The lowest BCUT2D eigenvalue weighted by Crippen LogP contribution is -2.30. The van der Waals surface area contributed by atoms with Gasteiger partial charge in [-0.3, -0.25) is 0 Å². The molecule has 94 valence electrons. The van der Waals surface area contributed by atoms with Gasteiger partial charge in [0.2, 0.25) is 0 Å². The van der Waals surface area contributed by atoms with Crippen molar-refractivity contribution >= 4 is 8.07 Å². The van der Waals surface area contributed by atoms with Crippen LogP contribution in [0.3, 0.4) is 0 Å². The standard InChI is InChI=1S/C15H30Si/c1-5-6-10-14-11-8-7-9-12-15(13-14)16(2,3)4/h6,10,14-15H,5,7-9,11-13H2,1-4H3/b10-6+. The minimum Gasteiger partial charge on any atom is -0.0885 e. The Bertz CT molecular complexity index is 212. The Balaban J connectivity index is 2.60. The molecular formula is C15H30Si. The van der Waals surface area contributed by atoms with Crippen molar-refractivity contribution in [1.29, 1.82) is 0 Å². The molecule has 0 aromatic rings. The zero-order chi connectivity index (χ0) is 12.0. The molecule has 0 aromatic carbocycles. The molecule has 0 nitrogen and oxygen atoms in total. The van der Waals surface area contributed by atoms with E-state index in [-0.39, 0.29) is 0 Å². The summed E-state index contributed by atoms with van der Waals surface area (Å²) in [7, 11) is -0.926. The first-order valence-corrected chi connectivity index (χ1v) is 10.8. The summed E-state index contributed by atoms with van der Waals surface area (Å²) in [6, 6.07) is 0. The molecule has 1 aliphatic rings. The van der Waals surface area contributed by atoms with Crippen molar-refractivity contribution in [1.82, 2.24) is 0 Å². The van der Waals surface area contributed by atoms with Crippen LogP contribution >= 0.6 is 0 Å². The summed E-state index contributed by atoms with van der Waals surface area (Å²) in [6.07, 6.45) is 14.9. The molecule has 2 atom stereocenters. The third-order valence-electron chi connectivity index (χ3n) is 4.08. The number of hydrogen-bond donors (Lipinski definition) is 0. The number of rotatable bonds is 3. The fourth-order valence-electron chi connectivity index (χ4n) is 2.87. The molecule has 0 radical (unpaired) electrons. The highest BCUT2D eigenvalue weighted by atomic mass is 28.3. The van der Waals surface area contributed by atoms with Crippen LogP contribution in [-0.4, -0.2) is 8.07 Å². The van der Waals surface area contributed by atoms with Crippen LogP contribution in [0, 0.1) is 5.92 Å². The van der Waals surface area contributed by atoms with Gasteiger partial charge >= 0.3 is 0 Å². The Morgan fingerprint density at radius 2 is 1.75 bits per heavy atom. The van der Waals surface area contributed by atoms with Gasteiger partial charge in [-0.15, -0.1) is 0 Å². The highest BCUT2D eigenvalue weighted by molar-refractivity contribution is 6.77. The quantitative estimate of drug-likeness (QED) is 0.441. The Morgan fingerprint density at radius 3 is 2.38 bits per heavy atom. The fourth-order valence-corrected chi connectivity index (χ4v) is 4.95. The molecule has 16 heavy (non-hydrogen) atoms. The van der Waals surface area contributed by atoms with Crippen LogP contribution in [0.15, 0.2) is 12.2 Å². The van der Waals surface area contributed by atoms with Gasteiger partial charge in [0, 0.05) is 8.07 Å². The normalized spacial score (nSPS) is 29.0. The van der Waals surface area contributed by atoms with Crippen LogP contribution in [0.1, 0.15) is 51.9 Å². The van der Waals surface area contributed by atoms with E-state index in [1.807, 2.05) is 0 Å². The highest BCUT2D eigenvalue weighted by Gasteiger charge is 2.28. The molecular weight excluding hydrogens is 208 g/mol. The molecule has 2 unspecified atom stereocenters. The van der Waals surface area contributed by atoms with Gasteiger partial charge in [0.05, 0.1) is 0 Å². The summed E-state index contributed by atoms with van der Waals surface area (Å²) >= 11 is 0. The SMILES string of the molecule is CC/C=C/C1CCCCCC([Si](C)(C)C)C1. The second-order valence-electron chi connectivity index (χ2n) is 6.53. The molecule has 1 fully saturated rings. The van der Waals surface area contributed by atoms with E-state index in [0.29, 0.717) is 0 Å². The first-order valence-electron chi connectivity index (χ1n) is 7.20. The summed E-state index contributed by atoms with van der Waals surface area (Å²) in [5.74, 6) is 0.886. The number of hydrogen-bond acceptors (Lipinski definition) is 0. The third kappa shape index (κ3) is 4.86. The second kappa shape index (κ2) is 6.63. The van der Waals surface area contributed by atoms with Gasteiger partial charge < -0.3 is 0 Å². The van der Waals surface area contributed by atoms with Crippen molar-refractivity contribution in [2.75, 3.05) is 0 Å². The predicted molar refractivity (Wildman–Crippen MR) is 77.7 cm³/mol. The van der Waals surface area contributed by atoms with Crippen LogP contribution < -0.4 is 0 Å².